The number of nitrogens with zero attached hydrogens (tertiary/aromatic N) is 1. The van der Waals surface area contributed by atoms with Gasteiger partial charge in [-0.3, -0.25) is 4.48 Å². The molecule has 216 valence electrons. The molecule has 0 saturated heterocycles. The topological polar surface area (TPSA) is 115 Å². The molecule has 0 rings (SSSR count). The summed E-state index contributed by atoms with van der Waals surface area (Å²) in [5, 5.41) is 32.8. The van der Waals surface area contributed by atoms with Crippen molar-refractivity contribution in [3.63, 3.8) is 0 Å². The summed E-state index contributed by atoms with van der Waals surface area (Å²) in [5.41, 5.74) is 0. The van der Waals surface area contributed by atoms with Gasteiger partial charge in [-0.1, -0.05) is 84.8 Å². The SMILES string of the molecule is CCCC/C=C/CCCCCCCCC[N+](C(CCC)C(=O)[O-])(C(CCC)C(=O)O)C(CCC)C(=O)O. The van der Waals surface area contributed by atoms with E-state index in [0.717, 1.165) is 38.5 Å². The molecule has 2 N–H and O–H groups in total. The Morgan fingerprint density at radius 1 is 0.622 bits per heavy atom. The lowest BCUT2D eigenvalue weighted by Gasteiger charge is -2.52. The van der Waals surface area contributed by atoms with Crippen LogP contribution >= 0.6 is 0 Å². The molecule has 0 aromatic carbocycles. The van der Waals surface area contributed by atoms with Gasteiger partial charge in [-0.15, -0.1) is 0 Å². The van der Waals surface area contributed by atoms with Gasteiger partial charge in [0, 0.05) is 19.3 Å². The molecule has 0 aromatic heterocycles. The normalized spacial score (nSPS) is 15.8. The lowest BCUT2D eigenvalue weighted by Crippen LogP contribution is -2.74. The van der Waals surface area contributed by atoms with Gasteiger partial charge in [-0.2, -0.15) is 0 Å². The molecule has 0 spiro atoms. The lowest BCUT2D eigenvalue weighted by molar-refractivity contribution is -0.975. The quantitative estimate of drug-likeness (QED) is 0.0846. The molecule has 7 heteroatoms. The molecule has 3 unspecified atom stereocenters. The van der Waals surface area contributed by atoms with Gasteiger partial charge < -0.3 is 20.1 Å². The van der Waals surface area contributed by atoms with Gasteiger partial charge in [0.2, 0.25) is 0 Å². The number of rotatable bonds is 25. The maximum atomic E-state index is 12.5. The third kappa shape index (κ3) is 12.5. The molecule has 0 heterocycles. The zero-order valence-electron chi connectivity index (χ0n) is 24.1. The van der Waals surface area contributed by atoms with Crippen molar-refractivity contribution in [2.24, 2.45) is 0 Å². The van der Waals surface area contributed by atoms with Gasteiger partial charge in [0.05, 0.1) is 12.5 Å². The summed E-state index contributed by atoms with van der Waals surface area (Å²) in [6.07, 6.45) is 18.6. The van der Waals surface area contributed by atoms with Crippen LogP contribution in [0.5, 0.6) is 0 Å². The summed E-state index contributed by atoms with van der Waals surface area (Å²) in [5.74, 6) is -3.57. The van der Waals surface area contributed by atoms with Crippen molar-refractivity contribution in [3.05, 3.63) is 12.2 Å². The van der Waals surface area contributed by atoms with Crippen LogP contribution in [-0.2, 0) is 14.4 Å². The summed E-state index contributed by atoms with van der Waals surface area (Å²) in [6.45, 7) is 7.99. The van der Waals surface area contributed by atoms with Crippen LogP contribution in [-0.4, -0.2) is 57.3 Å². The molecular formula is C30H55NO6. The monoisotopic (exact) mass is 525 g/mol. The first-order valence-electron chi connectivity index (χ1n) is 14.9. The molecule has 7 nitrogen and oxygen atoms in total. The van der Waals surface area contributed by atoms with E-state index < -0.39 is 40.5 Å². The van der Waals surface area contributed by atoms with Crippen LogP contribution in [0.2, 0.25) is 0 Å². The Kier molecular flexibility index (Phi) is 20.0. The van der Waals surface area contributed by atoms with E-state index >= 15 is 0 Å². The summed E-state index contributed by atoms with van der Waals surface area (Å²) in [6, 6.07) is -3.33. The van der Waals surface area contributed by atoms with Gasteiger partial charge in [0.15, 0.2) is 12.1 Å². The van der Waals surface area contributed by atoms with E-state index in [0.29, 0.717) is 25.7 Å². The first kappa shape index (κ1) is 35.1. The largest absolute Gasteiger partial charge is 0.544 e. The first-order valence-corrected chi connectivity index (χ1v) is 14.9. The van der Waals surface area contributed by atoms with E-state index in [1.165, 1.54) is 25.7 Å². The lowest BCUT2D eigenvalue weighted by atomic mass is 9.91. The highest BCUT2D eigenvalue weighted by Gasteiger charge is 2.54. The molecule has 0 fully saturated rings. The Morgan fingerprint density at radius 3 is 1.43 bits per heavy atom. The first-order chi connectivity index (χ1) is 17.7. The molecule has 0 aliphatic heterocycles. The van der Waals surface area contributed by atoms with E-state index in [1.807, 2.05) is 20.8 Å². The molecule has 0 amide bonds. The van der Waals surface area contributed by atoms with Crippen LogP contribution in [0.1, 0.15) is 137 Å². The number of carboxylic acids is 3. The summed E-state index contributed by atoms with van der Waals surface area (Å²) >= 11 is 0. The van der Waals surface area contributed by atoms with Crippen LogP contribution in [0.15, 0.2) is 12.2 Å². The number of carboxylic acid groups (broad SMARTS) is 3. The number of aliphatic carboxylic acids is 3. The number of hydrogen-bond acceptors (Lipinski definition) is 4. The standard InChI is InChI=1S/C30H55NO6/c1-5-9-10-11-12-13-14-15-16-17-18-19-20-24-31(25(21-6-2)28(32)33,26(22-7-3)29(34)35)27(23-8-4)30(36)37/h11-12,25-27H,5-10,13-24H2,1-4H3,(H2-,32,33,34,35,36,37)/b12-11+. The van der Waals surface area contributed by atoms with Gasteiger partial charge in [0.25, 0.3) is 0 Å². The predicted molar refractivity (Wildman–Crippen MR) is 147 cm³/mol. The summed E-state index contributed by atoms with van der Waals surface area (Å²) in [4.78, 5) is 37.4. The van der Waals surface area contributed by atoms with Gasteiger partial charge >= 0.3 is 11.9 Å². The maximum Gasteiger partial charge on any atom is 0.362 e. The van der Waals surface area contributed by atoms with E-state index in [-0.39, 0.29) is 25.8 Å². The molecule has 0 aromatic rings. The fourth-order valence-corrected chi connectivity index (χ4v) is 5.72. The van der Waals surface area contributed by atoms with Crippen molar-refractivity contribution in [1.82, 2.24) is 0 Å². The van der Waals surface area contributed by atoms with Crippen LogP contribution in [0.25, 0.3) is 0 Å². The summed E-state index contributed by atoms with van der Waals surface area (Å²) < 4.78 is -0.438. The fourth-order valence-electron chi connectivity index (χ4n) is 5.72. The minimum Gasteiger partial charge on any atom is -0.544 e. The predicted octanol–water partition coefficient (Wildman–Crippen LogP) is 6.10. The van der Waals surface area contributed by atoms with Crippen LogP contribution in [0.4, 0.5) is 0 Å². The number of allylic oxidation sites excluding steroid dienone is 2. The highest BCUT2D eigenvalue weighted by Crippen LogP contribution is 2.34. The second-order valence-electron chi connectivity index (χ2n) is 10.5. The summed E-state index contributed by atoms with van der Waals surface area (Å²) in [7, 11) is 0. The third-order valence-corrected chi connectivity index (χ3v) is 7.58. The number of carbonyl (C=O) groups is 3. The molecule has 0 radical (unpaired) electrons. The molecule has 3 atom stereocenters. The highest BCUT2D eigenvalue weighted by atomic mass is 16.4. The average Bonchev–Trinajstić information content (AvgIpc) is 2.85. The Hall–Kier alpha value is -1.89. The maximum absolute atomic E-state index is 12.5. The van der Waals surface area contributed by atoms with E-state index in [2.05, 4.69) is 19.1 Å². The second-order valence-corrected chi connectivity index (χ2v) is 10.5. The molecule has 0 aliphatic rings. The van der Waals surface area contributed by atoms with Crippen molar-refractivity contribution in [3.8, 4) is 0 Å². The molecule has 37 heavy (non-hydrogen) atoms. The van der Waals surface area contributed by atoms with Crippen molar-refractivity contribution in [1.29, 1.82) is 0 Å². The minimum atomic E-state index is -1.34. The van der Waals surface area contributed by atoms with Gasteiger partial charge in [0.1, 0.15) is 6.04 Å². The third-order valence-electron chi connectivity index (χ3n) is 7.58. The van der Waals surface area contributed by atoms with Crippen LogP contribution in [0, 0.1) is 0 Å². The van der Waals surface area contributed by atoms with Gasteiger partial charge in [-0.05, 0) is 44.9 Å². The fraction of sp³-hybridized carbons (Fsp3) is 0.833. The Labute approximate surface area is 225 Å². The van der Waals surface area contributed by atoms with Gasteiger partial charge in [-0.25, -0.2) is 9.59 Å². The van der Waals surface area contributed by atoms with Crippen molar-refractivity contribution < 1.29 is 34.2 Å². The number of unbranched alkanes of at least 4 members (excludes halogenated alkanes) is 9. The molecule has 0 saturated carbocycles. The zero-order valence-corrected chi connectivity index (χ0v) is 24.1. The van der Waals surface area contributed by atoms with Crippen LogP contribution in [0.3, 0.4) is 0 Å². The number of quaternary nitrogens is 1. The number of carbonyl (C=O) groups excluding carboxylic acids is 1. The van der Waals surface area contributed by atoms with Crippen LogP contribution < -0.4 is 5.11 Å². The van der Waals surface area contributed by atoms with E-state index in [4.69, 9.17) is 0 Å². The molecule has 0 aliphatic carbocycles. The Bertz CT molecular complexity index is 603. The Balaban J connectivity index is 5.46. The minimum absolute atomic E-state index is 0.205. The molecular weight excluding hydrogens is 470 g/mol. The van der Waals surface area contributed by atoms with Crippen molar-refractivity contribution >= 4 is 17.9 Å². The zero-order chi connectivity index (χ0) is 28.1. The molecule has 0 bridgehead atoms. The smallest absolute Gasteiger partial charge is 0.362 e. The Morgan fingerprint density at radius 2 is 1.03 bits per heavy atom. The van der Waals surface area contributed by atoms with Crippen molar-refractivity contribution in [2.45, 2.75) is 155 Å². The average molecular weight is 526 g/mol. The highest BCUT2D eigenvalue weighted by molar-refractivity contribution is 5.77. The van der Waals surface area contributed by atoms with E-state index in [1.54, 1.807) is 0 Å². The van der Waals surface area contributed by atoms with E-state index in [9.17, 15) is 29.7 Å². The van der Waals surface area contributed by atoms with Crippen molar-refractivity contribution in [2.75, 3.05) is 6.54 Å². The second kappa shape index (κ2) is 21.1. The number of hydrogen-bond donors (Lipinski definition) is 2.